The minimum absolute atomic E-state index is 0.0239. The van der Waals surface area contributed by atoms with Gasteiger partial charge in [0.05, 0.1) is 17.1 Å². The quantitative estimate of drug-likeness (QED) is 0.268. The Balaban J connectivity index is 1.56. The first-order chi connectivity index (χ1) is 16.9. The molecule has 36 heavy (non-hydrogen) atoms. The van der Waals surface area contributed by atoms with E-state index in [1.807, 2.05) is 31.2 Å². The summed E-state index contributed by atoms with van der Waals surface area (Å²) in [6, 6.07) is 17.5. The number of benzene rings is 3. The predicted molar refractivity (Wildman–Crippen MR) is 133 cm³/mol. The lowest BCUT2D eigenvalue weighted by atomic mass is 10.1. The molecule has 1 heterocycles. The first-order valence-corrected chi connectivity index (χ1v) is 12.3. The number of nitrogens with one attached hydrogen (secondary N) is 1. The number of guanidine groups is 1. The first kappa shape index (κ1) is 25.3. The third-order valence-corrected chi connectivity index (χ3v) is 6.67. The summed E-state index contributed by atoms with van der Waals surface area (Å²) in [4.78, 5) is 1.31. The van der Waals surface area contributed by atoms with E-state index in [4.69, 9.17) is 9.96 Å². The highest BCUT2D eigenvalue weighted by Gasteiger charge is 2.48. The normalized spacial score (nSPS) is 16.3. The monoisotopic (exact) mass is 510 g/mol. The molecule has 0 unspecified atom stereocenters. The summed E-state index contributed by atoms with van der Waals surface area (Å²) in [6.07, 6.45) is 0. The van der Waals surface area contributed by atoms with E-state index >= 15 is 0 Å². The molecule has 0 atom stereocenters. The van der Waals surface area contributed by atoms with Crippen LogP contribution in [0.3, 0.4) is 0 Å². The van der Waals surface area contributed by atoms with E-state index in [0.29, 0.717) is 11.4 Å². The van der Waals surface area contributed by atoms with Crippen molar-refractivity contribution in [2.24, 2.45) is 10.2 Å². The van der Waals surface area contributed by atoms with Crippen LogP contribution in [0.1, 0.15) is 25.0 Å². The van der Waals surface area contributed by atoms with Gasteiger partial charge in [-0.15, -0.1) is 5.11 Å². The van der Waals surface area contributed by atoms with E-state index in [2.05, 4.69) is 10.2 Å². The second-order valence-corrected chi connectivity index (χ2v) is 10.2. The Morgan fingerprint density at radius 1 is 0.972 bits per heavy atom. The Morgan fingerprint density at radius 2 is 1.61 bits per heavy atom. The molecule has 3 aromatic carbocycles. The van der Waals surface area contributed by atoms with Crippen LogP contribution in [0.4, 0.5) is 17.1 Å². The van der Waals surface area contributed by atoms with Crippen LogP contribution in [0.2, 0.25) is 0 Å². The number of aromatic hydroxyl groups is 1. The molecule has 4 N–H and O–H groups in total. The van der Waals surface area contributed by atoms with Crippen molar-refractivity contribution in [2.45, 2.75) is 37.9 Å². The van der Waals surface area contributed by atoms with E-state index < -0.39 is 15.8 Å². The topological polar surface area (TPSA) is 153 Å². The number of phenols is 1. The molecule has 0 aromatic heterocycles. The first-order valence-electron chi connectivity index (χ1n) is 10.9. The van der Waals surface area contributed by atoms with Crippen molar-refractivity contribution < 1.29 is 23.3 Å². The van der Waals surface area contributed by atoms with E-state index in [1.54, 1.807) is 24.8 Å². The zero-order valence-corrected chi connectivity index (χ0v) is 20.7. The number of hydrazine groups is 1. The highest BCUT2D eigenvalue weighted by Crippen LogP contribution is 2.39. The summed E-state index contributed by atoms with van der Waals surface area (Å²) in [6.45, 7) is 5.76. The van der Waals surface area contributed by atoms with Crippen molar-refractivity contribution >= 4 is 33.1 Å². The lowest BCUT2D eigenvalue weighted by Gasteiger charge is -2.33. The fraction of sp³-hybridized carbons (Fsp3) is 0.208. The summed E-state index contributed by atoms with van der Waals surface area (Å²) < 4.78 is 31.4. The molecule has 3 aromatic rings. The fourth-order valence-corrected chi connectivity index (χ4v) is 4.31. The molecule has 11 nitrogen and oxygen atoms in total. The number of aryl methyl sites for hydroxylation is 1. The molecular weight excluding hydrogens is 484 g/mol. The molecule has 0 bridgehead atoms. The summed E-state index contributed by atoms with van der Waals surface area (Å²) in [7, 11) is -4.31. The third-order valence-electron chi connectivity index (χ3n) is 5.80. The molecule has 0 amide bonds. The van der Waals surface area contributed by atoms with Gasteiger partial charge in [0.1, 0.15) is 17.1 Å². The van der Waals surface area contributed by atoms with Crippen molar-refractivity contribution in [3.8, 4) is 5.75 Å². The van der Waals surface area contributed by atoms with Crippen molar-refractivity contribution in [1.29, 1.82) is 5.41 Å². The number of phenolic OH excluding ortho intramolecular Hbond substituents is 1. The molecule has 188 valence electrons. The maximum absolute atomic E-state index is 11.1. The van der Waals surface area contributed by atoms with Gasteiger partial charge in [0.15, 0.2) is 0 Å². The van der Waals surface area contributed by atoms with Gasteiger partial charge in [0, 0.05) is 11.8 Å². The number of hydrogen-bond acceptors (Lipinski definition) is 8. The van der Waals surface area contributed by atoms with Crippen molar-refractivity contribution in [3.05, 3.63) is 77.9 Å². The maximum atomic E-state index is 11.1. The van der Waals surface area contributed by atoms with E-state index in [-0.39, 0.29) is 28.8 Å². The van der Waals surface area contributed by atoms with Gasteiger partial charge >= 0.3 is 0 Å². The van der Waals surface area contributed by atoms with Gasteiger partial charge in [-0.3, -0.25) is 20.1 Å². The van der Waals surface area contributed by atoms with E-state index in [9.17, 15) is 18.7 Å². The number of azo groups is 1. The number of rotatable bonds is 6. The Kier molecular flexibility index (Phi) is 6.54. The average Bonchev–Trinajstić information content (AvgIpc) is 2.98. The standard InChI is InChI=1S/C24H26N6O5S/c1-16-4-6-17(7-5-16)15-28-23(25)29(24(2,3)30(28)32)19-10-13-21(22(31)14-19)27-26-18-8-11-20(12-9-18)36(33,34)35/h4-14,25,31-32H,15H2,1-3H3,(H,33,34,35). The van der Waals surface area contributed by atoms with Crippen LogP contribution >= 0.6 is 0 Å². The average molecular weight is 511 g/mol. The highest BCUT2D eigenvalue weighted by molar-refractivity contribution is 7.85. The Hall–Kier alpha value is -3.84. The molecule has 0 spiro atoms. The highest BCUT2D eigenvalue weighted by atomic mass is 32.2. The van der Waals surface area contributed by atoms with E-state index in [0.717, 1.165) is 16.3 Å². The van der Waals surface area contributed by atoms with Crippen LogP contribution in [-0.4, -0.2) is 45.1 Å². The van der Waals surface area contributed by atoms with Crippen molar-refractivity contribution in [3.63, 3.8) is 0 Å². The minimum Gasteiger partial charge on any atom is -0.506 e. The Bertz CT molecular complexity index is 1420. The van der Waals surface area contributed by atoms with Crippen LogP contribution < -0.4 is 4.90 Å². The molecule has 1 aliphatic rings. The summed E-state index contributed by atoms with van der Waals surface area (Å²) in [5, 5.41) is 40.6. The van der Waals surface area contributed by atoms with Gasteiger partial charge < -0.3 is 5.11 Å². The molecule has 0 radical (unpaired) electrons. The summed E-state index contributed by atoms with van der Waals surface area (Å²) in [5.41, 5.74) is 1.94. The SMILES string of the molecule is Cc1ccc(CN2C(=N)N(c3ccc(N=Nc4ccc(S(=O)(=O)O)cc4)c(O)c3)C(C)(C)N2O)cc1. The Morgan fingerprint density at radius 3 is 2.19 bits per heavy atom. The summed E-state index contributed by atoms with van der Waals surface area (Å²) in [5.74, 6) is -0.174. The van der Waals surface area contributed by atoms with Gasteiger partial charge in [0.2, 0.25) is 5.96 Å². The second kappa shape index (κ2) is 9.32. The molecule has 1 saturated heterocycles. The van der Waals surface area contributed by atoms with Crippen LogP contribution in [0.15, 0.2) is 81.9 Å². The summed E-state index contributed by atoms with van der Waals surface area (Å²) >= 11 is 0. The van der Waals surface area contributed by atoms with Crippen molar-refractivity contribution in [1.82, 2.24) is 10.2 Å². The lowest BCUT2D eigenvalue weighted by Crippen LogP contribution is -2.49. The minimum atomic E-state index is -4.31. The van der Waals surface area contributed by atoms with Gasteiger partial charge in [-0.2, -0.15) is 13.5 Å². The fourth-order valence-electron chi connectivity index (χ4n) is 3.83. The zero-order chi connectivity index (χ0) is 26.3. The molecular formula is C24H26N6O5S. The van der Waals surface area contributed by atoms with Crippen LogP contribution in [0, 0.1) is 12.3 Å². The molecule has 0 saturated carbocycles. The molecule has 12 heteroatoms. The van der Waals surface area contributed by atoms with Gasteiger partial charge in [-0.1, -0.05) is 35.0 Å². The molecule has 4 rings (SSSR count). The van der Waals surface area contributed by atoms with Crippen LogP contribution in [0.5, 0.6) is 5.75 Å². The smallest absolute Gasteiger partial charge is 0.294 e. The largest absolute Gasteiger partial charge is 0.506 e. The number of hydroxylamine groups is 1. The maximum Gasteiger partial charge on any atom is 0.294 e. The second-order valence-electron chi connectivity index (χ2n) is 8.83. The van der Waals surface area contributed by atoms with E-state index in [1.165, 1.54) is 41.4 Å². The van der Waals surface area contributed by atoms with Crippen molar-refractivity contribution in [2.75, 3.05) is 4.90 Å². The Labute approximate surface area is 208 Å². The zero-order valence-electron chi connectivity index (χ0n) is 19.9. The molecule has 1 fully saturated rings. The third kappa shape index (κ3) is 4.93. The van der Waals surface area contributed by atoms with Gasteiger partial charge in [-0.05, 0) is 62.7 Å². The molecule has 1 aliphatic heterocycles. The number of anilines is 1. The lowest BCUT2D eigenvalue weighted by molar-refractivity contribution is -0.251. The number of hydrogen-bond donors (Lipinski definition) is 4. The van der Waals surface area contributed by atoms with Crippen LogP contribution in [0.25, 0.3) is 0 Å². The predicted octanol–water partition coefficient (Wildman–Crippen LogP) is 4.96. The van der Waals surface area contributed by atoms with Gasteiger partial charge in [0.25, 0.3) is 10.1 Å². The van der Waals surface area contributed by atoms with Gasteiger partial charge in [-0.25, -0.2) is 5.01 Å². The van der Waals surface area contributed by atoms with Crippen LogP contribution in [-0.2, 0) is 16.7 Å². The molecule has 0 aliphatic carbocycles. The number of nitrogens with zero attached hydrogens (tertiary/aromatic N) is 5.